The highest BCUT2D eigenvalue weighted by molar-refractivity contribution is 5.98. The molecule has 1 aromatic rings. The van der Waals surface area contributed by atoms with E-state index >= 15 is 0 Å². The minimum atomic E-state index is -0.938. The number of carbonyl (C=O) groups is 2. The van der Waals surface area contributed by atoms with E-state index in [1.165, 1.54) is 0 Å². The molecule has 2 rings (SSSR count). The number of aryl methyl sites for hydroxylation is 2. The van der Waals surface area contributed by atoms with Crippen LogP contribution >= 0.6 is 0 Å². The molecule has 0 aliphatic heterocycles. The molecule has 0 radical (unpaired) electrons. The van der Waals surface area contributed by atoms with Crippen molar-refractivity contribution >= 4 is 17.6 Å². The number of carboxylic acids is 1. The number of hydrogen-bond acceptors (Lipinski definition) is 4. The van der Waals surface area contributed by atoms with E-state index in [0.717, 1.165) is 19.3 Å². The zero-order valence-electron chi connectivity index (χ0n) is 14.8. The van der Waals surface area contributed by atoms with E-state index in [9.17, 15) is 24.8 Å². The maximum atomic E-state index is 12.7. The predicted octanol–water partition coefficient (Wildman–Crippen LogP) is 3.28. The van der Waals surface area contributed by atoms with Gasteiger partial charge in [-0.15, -0.1) is 0 Å². The number of benzene rings is 1. The standard InChI is InChI=1S/C18H24N2O5/c1-11-9-12(2)15(20(24)25)13(3)14(11)16(21)19-10-18(17(22)23)7-5-4-6-8-18/h9H,4-8,10H2,1-3H3,(H,19,21)(H,22,23). The number of nitro groups is 1. The largest absolute Gasteiger partial charge is 0.481 e. The smallest absolute Gasteiger partial charge is 0.311 e. The van der Waals surface area contributed by atoms with Gasteiger partial charge in [-0.3, -0.25) is 19.7 Å². The lowest BCUT2D eigenvalue weighted by molar-refractivity contribution is -0.386. The molecule has 1 amide bonds. The van der Waals surface area contributed by atoms with Crippen molar-refractivity contribution in [1.82, 2.24) is 5.32 Å². The van der Waals surface area contributed by atoms with Crippen LogP contribution in [-0.4, -0.2) is 28.5 Å². The Morgan fingerprint density at radius 1 is 1.20 bits per heavy atom. The van der Waals surface area contributed by atoms with Gasteiger partial charge in [0.05, 0.1) is 15.9 Å². The highest BCUT2D eigenvalue weighted by Crippen LogP contribution is 2.36. The van der Waals surface area contributed by atoms with Gasteiger partial charge in [0.25, 0.3) is 11.6 Å². The molecule has 0 spiro atoms. The summed E-state index contributed by atoms with van der Waals surface area (Å²) in [5, 5.41) is 23.6. The van der Waals surface area contributed by atoms with Crippen molar-refractivity contribution in [3.05, 3.63) is 38.4 Å². The molecule has 25 heavy (non-hydrogen) atoms. The van der Waals surface area contributed by atoms with E-state index in [-0.39, 0.29) is 17.8 Å². The Labute approximate surface area is 146 Å². The SMILES string of the molecule is Cc1cc(C)c([N+](=O)[O-])c(C)c1C(=O)NCC1(C(=O)O)CCCCC1. The third-order valence-corrected chi connectivity index (χ3v) is 5.19. The lowest BCUT2D eigenvalue weighted by atomic mass is 9.74. The number of rotatable bonds is 5. The van der Waals surface area contributed by atoms with Gasteiger partial charge in [0.2, 0.25) is 0 Å². The van der Waals surface area contributed by atoms with E-state index in [0.29, 0.717) is 29.5 Å². The highest BCUT2D eigenvalue weighted by Gasteiger charge is 2.40. The van der Waals surface area contributed by atoms with Gasteiger partial charge in [-0.1, -0.05) is 19.3 Å². The van der Waals surface area contributed by atoms with Crippen LogP contribution in [0, 0.1) is 36.3 Å². The first-order valence-electron chi connectivity index (χ1n) is 8.46. The summed E-state index contributed by atoms with van der Waals surface area (Å²) in [6.07, 6.45) is 3.74. The van der Waals surface area contributed by atoms with Gasteiger partial charge in [0.15, 0.2) is 0 Å². The molecule has 0 heterocycles. The number of carboxylic acid groups (broad SMARTS) is 1. The van der Waals surface area contributed by atoms with Crippen LogP contribution < -0.4 is 5.32 Å². The third-order valence-electron chi connectivity index (χ3n) is 5.19. The zero-order valence-corrected chi connectivity index (χ0v) is 14.8. The van der Waals surface area contributed by atoms with Crippen LogP contribution in [0.5, 0.6) is 0 Å². The van der Waals surface area contributed by atoms with E-state index in [1.54, 1.807) is 26.8 Å². The van der Waals surface area contributed by atoms with Crippen LogP contribution in [0.1, 0.15) is 59.2 Å². The Morgan fingerprint density at radius 3 is 2.32 bits per heavy atom. The second kappa shape index (κ2) is 7.21. The number of nitrogens with one attached hydrogen (secondary N) is 1. The summed E-state index contributed by atoms with van der Waals surface area (Å²) in [4.78, 5) is 35.1. The van der Waals surface area contributed by atoms with Crippen LogP contribution in [0.2, 0.25) is 0 Å². The van der Waals surface area contributed by atoms with Crippen molar-refractivity contribution < 1.29 is 19.6 Å². The van der Waals surface area contributed by atoms with Gasteiger partial charge < -0.3 is 10.4 Å². The van der Waals surface area contributed by atoms with Gasteiger partial charge in [0, 0.05) is 17.7 Å². The number of aliphatic carboxylic acids is 1. The second-order valence-electron chi connectivity index (χ2n) is 6.94. The van der Waals surface area contributed by atoms with Crippen molar-refractivity contribution in [2.24, 2.45) is 5.41 Å². The average Bonchev–Trinajstić information content (AvgIpc) is 2.52. The van der Waals surface area contributed by atoms with Crippen LogP contribution in [-0.2, 0) is 4.79 Å². The average molecular weight is 348 g/mol. The topological polar surface area (TPSA) is 110 Å². The van der Waals surface area contributed by atoms with Crippen LogP contribution in [0.3, 0.4) is 0 Å². The molecule has 7 heteroatoms. The quantitative estimate of drug-likeness (QED) is 0.627. The lowest BCUT2D eigenvalue weighted by Crippen LogP contribution is -2.44. The molecule has 0 aromatic heterocycles. The fraction of sp³-hybridized carbons (Fsp3) is 0.556. The Hall–Kier alpha value is -2.44. The summed E-state index contributed by atoms with van der Waals surface area (Å²) in [6.45, 7) is 4.97. The van der Waals surface area contributed by atoms with E-state index < -0.39 is 22.2 Å². The van der Waals surface area contributed by atoms with Gasteiger partial charge in [-0.25, -0.2) is 0 Å². The fourth-order valence-corrected chi connectivity index (χ4v) is 3.84. The number of nitrogens with zero attached hydrogens (tertiary/aromatic N) is 1. The summed E-state index contributed by atoms with van der Waals surface area (Å²) in [5.41, 5.74) is 0.715. The van der Waals surface area contributed by atoms with Crippen molar-refractivity contribution in [3.63, 3.8) is 0 Å². The summed E-state index contributed by atoms with van der Waals surface area (Å²) >= 11 is 0. The Bertz CT molecular complexity index is 721. The summed E-state index contributed by atoms with van der Waals surface area (Å²) in [6, 6.07) is 1.62. The zero-order chi connectivity index (χ0) is 18.8. The summed E-state index contributed by atoms with van der Waals surface area (Å²) < 4.78 is 0. The lowest BCUT2D eigenvalue weighted by Gasteiger charge is -2.33. The molecule has 7 nitrogen and oxygen atoms in total. The molecule has 0 unspecified atom stereocenters. The minimum Gasteiger partial charge on any atom is -0.481 e. The summed E-state index contributed by atoms with van der Waals surface area (Å²) in [7, 11) is 0. The van der Waals surface area contributed by atoms with Gasteiger partial charge in [0.1, 0.15) is 0 Å². The third kappa shape index (κ3) is 3.65. The number of amides is 1. The molecule has 1 aromatic carbocycles. The first-order valence-corrected chi connectivity index (χ1v) is 8.46. The second-order valence-corrected chi connectivity index (χ2v) is 6.94. The molecule has 1 saturated carbocycles. The molecule has 1 fully saturated rings. The van der Waals surface area contributed by atoms with E-state index in [2.05, 4.69) is 5.32 Å². The van der Waals surface area contributed by atoms with Crippen molar-refractivity contribution in [1.29, 1.82) is 0 Å². The van der Waals surface area contributed by atoms with Crippen molar-refractivity contribution in [3.8, 4) is 0 Å². The van der Waals surface area contributed by atoms with Crippen LogP contribution in [0.15, 0.2) is 6.07 Å². The molecule has 136 valence electrons. The number of nitro benzene ring substituents is 1. The molecule has 2 N–H and O–H groups in total. The Kier molecular flexibility index (Phi) is 5.45. The Balaban J connectivity index is 2.28. The Morgan fingerprint density at radius 2 is 1.80 bits per heavy atom. The molecule has 0 saturated heterocycles. The maximum absolute atomic E-state index is 12.7. The first-order chi connectivity index (χ1) is 11.7. The molecule has 1 aliphatic carbocycles. The summed E-state index contributed by atoms with van der Waals surface area (Å²) in [5.74, 6) is -1.35. The monoisotopic (exact) mass is 348 g/mol. The predicted molar refractivity (Wildman–Crippen MR) is 92.8 cm³/mol. The molecular weight excluding hydrogens is 324 g/mol. The van der Waals surface area contributed by atoms with Crippen molar-refractivity contribution in [2.45, 2.75) is 52.9 Å². The van der Waals surface area contributed by atoms with Crippen molar-refractivity contribution in [2.75, 3.05) is 6.54 Å². The molecule has 0 atom stereocenters. The minimum absolute atomic E-state index is 0.0434. The van der Waals surface area contributed by atoms with Gasteiger partial charge >= 0.3 is 5.97 Å². The highest BCUT2D eigenvalue weighted by atomic mass is 16.6. The maximum Gasteiger partial charge on any atom is 0.311 e. The van der Waals surface area contributed by atoms with Gasteiger partial charge in [-0.2, -0.15) is 0 Å². The fourth-order valence-electron chi connectivity index (χ4n) is 3.84. The van der Waals surface area contributed by atoms with Gasteiger partial charge in [-0.05, 0) is 45.2 Å². The molecular formula is C18H24N2O5. The molecule has 0 bridgehead atoms. The normalized spacial score (nSPS) is 16.3. The molecule has 1 aliphatic rings. The van der Waals surface area contributed by atoms with Crippen LogP contribution in [0.4, 0.5) is 5.69 Å². The van der Waals surface area contributed by atoms with E-state index in [4.69, 9.17) is 0 Å². The van der Waals surface area contributed by atoms with Crippen LogP contribution in [0.25, 0.3) is 0 Å². The first kappa shape index (κ1) is 18.9. The van der Waals surface area contributed by atoms with E-state index in [1.807, 2.05) is 0 Å². The number of carbonyl (C=O) groups excluding carboxylic acids is 1. The number of hydrogen-bond donors (Lipinski definition) is 2.